The molecule has 0 aromatic carbocycles. The van der Waals surface area contributed by atoms with Gasteiger partial charge in [-0.05, 0) is 103 Å². The number of quaternary nitrogens is 1. The van der Waals surface area contributed by atoms with Gasteiger partial charge in [-0.1, -0.05) is 180 Å². The lowest BCUT2D eigenvalue weighted by Crippen LogP contribution is -2.50. The first-order chi connectivity index (χ1) is 32.6. The Bertz CT molecular complexity index is 1550. The molecule has 0 aromatic rings. The fourth-order valence-electron chi connectivity index (χ4n) is 6.66. The van der Waals surface area contributed by atoms with Crippen LogP contribution in [0.1, 0.15) is 168 Å². The highest BCUT2D eigenvalue weighted by molar-refractivity contribution is 5.72. The van der Waals surface area contributed by atoms with Gasteiger partial charge in [-0.25, -0.2) is 4.79 Å². The molecule has 0 aliphatic rings. The number of unbranched alkanes of at least 4 members (excludes halogenated alkanes) is 8. The minimum atomic E-state index is -0.890. The fourth-order valence-corrected chi connectivity index (χ4v) is 6.66. The lowest BCUT2D eigenvalue weighted by molar-refractivity contribution is -0.887. The molecule has 8 heteroatoms. The second-order valence-electron chi connectivity index (χ2n) is 17.7. The third-order valence-corrected chi connectivity index (χ3v) is 10.5. The first-order valence-corrected chi connectivity index (χ1v) is 25.7. The minimum Gasteiger partial charge on any atom is -0.477 e. The molecule has 0 bridgehead atoms. The molecular weight excluding hydrogens is 835 g/mol. The Balaban J connectivity index is 4.41. The molecule has 0 heterocycles. The van der Waals surface area contributed by atoms with Gasteiger partial charge in [0.25, 0.3) is 0 Å². The van der Waals surface area contributed by atoms with Crippen LogP contribution in [-0.2, 0) is 28.6 Å². The van der Waals surface area contributed by atoms with Gasteiger partial charge < -0.3 is 23.8 Å². The molecule has 0 saturated heterocycles. The van der Waals surface area contributed by atoms with Crippen LogP contribution in [0, 0.1) is 0 Å². The molecule has 0 aliphatic carbocycles. The van der Waals surface area contributed by atoms with Crippen molar-refractivity contribution >= 4 is 17.9 Å². The van der Waals surface area contributed by atoms with Crippen molar-refractivity contribution in [2.24, 2.45) is 0 Å². The summed E-state index contributed by atoms with van der Waals surface area (Å²) in [5, 5.41) is 9.66. The van der Waals surface area contributed by atoms with E-state index in [0.717, 1.165) is 109 Å². The van der Waals surface area contributed by atoms with E-state index in [4.69, 9.17) is 14.2 Å². The minimum absolute atomic E-state index is 0.0285. The number of rotatable bonds is 44. The maximum Gasteiger partial charge on any atom is 0.362 e. The molecule has 67 heavy (non-hydrogen) atoms. The molecule has 0 fully saturated rings. The van der Waals surface area contributed by atoms with Gasteiger partial charge in [0.2, 0.25) is 0 Å². The third-order valence-electron chi connectivity index (χ3n) is 10.5. The number of ether oxygens (including phenoxy) is 3. The van der Waals surface area contributed by atoms with Gasteiger partial charge in [-0.2, -0.15) is 0 Å². The predicted molar refractivity (Wildman–Crippen MR) is 284 cm³/mol. The quantitative estimate of drug-likeness (QED) is 0.0281. The number of carboxylic acids is 1. The smallest absolute Gasteiger partial charge is 0.362 e. The van der Waals surface area contributed by atoms with E-state index in [1.807, 2.05) is 21.1 Å². The third kappa shape index (κ3) is 46.4. The van der Waals surface area contributed by atoms with E-state index >= 15 is 0 Å². The summed E-state index contributed by atoms with van der Waals surface area (Å²) >= 11 is 0. The zero-order chi connectivity index (χ0) is 49.2. The van der Waals surface area contributed by atoms with Crippen LogP contribution in [0.15, 0.2) is 134 Å². The Hall–Kier alpha value is -4.53. The number of esters is 2. The topological polar surface area (TPSA) is 99.1 Å². The molecule has 8 nitrogen and oxygen atoms in total. The van der Waals surface area contributed by atoms with Gasteiger partial charge in [-0.15, -0.1) is 0 Å². The van der Waals surface area contributed by atoms with Crippen molar-refractivity contribution in [2.75, 3.05) is 41.0 Å². The van der Waals surface area contributed by atoms with E-state index in [2.05, 4.69) is 148 Å². The van der Waals surface area contributed by atoms with E-state index in [0.29, 0.717) is 19.3 Å². The Labute approximate surface area is 409 Å². The first-order valence-electron chi connectivity index (χ1n) is 25.7. The van der Waals surface area contributed by atoms with Gasteiger partial charge in [0.05, 0.1) is 34.4 Å². The summed E-state index contributed by atoms with van der Waals surface area (Å²) in [5.74, 6) is -1.58. The second-order valence-corrected chi connectivity index (χ2v) is 17.7. The monoisotopic (exact) mass is 929 g/mol. The van der Waals surface area contributed by atoms with Crippen LogP contribution in [0.5, 0.6) is 0 Å². The number of allylic oxidation sites excluding steroid dienone is 22. The molecule has 0 rings (SSSR count). The van der Waals surface area contributed by atoms with E-state index in [1.54, 1.807) is 0 Å². The Kier molecular flexibility index (Phi) is 44.7. The van der Waals surface area contributed by atoms with Crippen molar-refractivity contribution in [3.8, 4) is 0 Å². The number of hydrogen-bond donors (Lipinski definition) is 1. The fraction of sp³-hybridized carbons (Fsp3) is 0.576. The number of hydrogen-bond acceptors (Lipinski definition) is 6. The molecule has 2 atom stereocenters. The Morgan fingerprint density at radius 3 is 1.21 bits per heavy atom. The summed E-state index contributed by atoms with van der Waals surface area (Å²) < 4.78 is 17.3. The standard InChI is InChI=1S/C59H93NO7/c1-6-8-10-12-14-16-18-20-22-24-26-28-29-30-32-33-35-37-39-41-43-45-47-49-57(61)66-54-55(53-65-52-51-56(59(63)64)60(3,4)5)67-58(62)50-48-46-44-42-40-38-36-34-31-27-25-23-21-19-17-15-13-11-9-7-2/h8-11,14-17,20-23,26-28,30-32,35,37,41,43,55-56H,6-7,12-13,18-19,24-25,29,33-34,36,38-40,42,44-54H2,1-5H3/p+1/b10-8+,11-9+,16-14+,17-15+,22-20+,23-21+,28-26+,31-27+,32-30+,37-35+,43-41+. The van der Waals surface area contributed by atoms with E-state index in [-0.39, 0.29) is 42.7 Å². The second kappa shape index (κ2) is 47.9. The van der Waals surface area contributed by atoms with E-state index in [1.165, 1.54) is 19.3 Å². The largest absolute Gasteiger partial charge is 0.477 e. The summed E-state index contributed by atoms with van der Waals surface area (Å²) in [6.07, 6.45) is 69.4. The zero-order valence-electron chi connectivity index (χ0n) is 42.8. The summed E-state index contributed by atoms with van der Waals surface area (Å²) in [6.45, 7) is 4.42. The SMILES string of the molecule is CC/C=C/C/C=C/C/C=C/C/C=C/C/C=C/C/C=C/C/C=C/CCCC(=O)OCC(COCCC(C(=O)O)[N+](C)(C)C)OC(=O)CCCCCCCCC/C=C/C/C=C/C/C=C/C/C=C/CC. The number of carbonyl (C=O) groups is 3. The highest BCUT2D eigenvalue weighted by atomic mass is 16.6. The average Bonchev–Trinajstić information content (AvgIpc) is 3.29. The Morgan fingerprint density at radius 2 is 0.806 bits per heavy atom. The molecule has 0 radical (unpaired) electrons. The molecule has 0 aromatic heterocycles. The maximum absolute atomic E-state index is 12.8. The van der Waals surface area contributed by atoms with Crippen molar-refractivity contribution in [3.63, 3.8) is 0 Å². The van der Waals surface area contributed by atoms with Crippen molar-refractivity contribution in [1.82, 2.24) is 0 Å². The number of nitrogens with zero attached hydrogens (tertiary/aromatic N) is 1. The van der Waals surface area contributed by atoms with Crippen LogP contribution in [-0.4, -0.2) is 80.6 Å². The molecule has 376 valence electrons. The van der Waals surface area contributed by atoms with Gasteiger partial charge in [-0.3, -0.25) is 9.59 Å². The summed E-state index contributed by atoms with van der Waals surface area (Å²) in [5.41, 5.74) is 0. The van der Waals surface area contributed by atoms with Crippen LogP contribution in [0.3, 0.4) is 0 Å². The van der Waals surface area contributed by atoms with E-state index in [9.17, 15) is 19.5 Å². The highest BCUT2D eigenvalue weighted by Gasteiger charge is 2.31. The lowest BCUT2D eigenvalue weighted by Gasteiger charge is -2.31. The van der Waals surface area contributed by atoms with Crippen LogP contribution < -0.4 is 0 Å². The molecule has 1 N–H and O–H groups in total. The van der Waals surface area contributed by atoms with Gasteiger partial charge in [0, 0.05) is 19.3 Å². The van der Waals surface area contributed by atoms with Crippen LogP contribution in [0.2, 0.25) is 0 Å². The van der Waals surface area contributed by atoms with Crippen LogP contribution >= 0.6 is 0 Å². The molecule has 0 amide bonds. The van der Waals surface area contributed by atoms with Crippen molar-refractivity contribution in [1.29, 1.82) is 0 Å². The lowest BCUT2D eigenvalue weighted by atomic mass is 10.1. The van der Waals surface area contributed by atoms with Crippen LogP contribution in [0.25, 0.3) is 0 Å². The maximum atomic E-state index is 12.8. The van der Waals surface area contributed by atoms with Crippen LogP contribution in [0.4, 0.5) is 0 Å². The molecule has 0 spiro atoms. The zero-order valence-corrected chi connectivity index (χ0v) is 42.8. The number of carboxylic acid groups (broad SMARTS) is 1. The molecular formula is C59H94NO7+. The van der Waals surface area contributed by atoms with Gasteiger partial charge in [0.1, 0.15) is 6.61 Å². The van der Waals surface area contributed by atoms with Gasteiger partial charge >= 0.3 is 17.9 Å². The van der Waals surface area contributed by atoms with Crippen molar-refractivity contribution < 1.29 is 38.2 Å². The molecule has 2 unspecified atom stereocenters. The van der Waals surface area contributed by atoms with E-state index < -0.39 is 18.1 Å². The summed E-state index contributed by atoms with van der Waals surface area (Å²) in [4.78, 5) is 37.2. The molecule has 0 aliphatic heterocycles. The normalized spacial score (nSPS) is 14.0. The van der Waals surface area contributed by atoms with Gasteiger partial charge in [0.15, 0.2) is 12.1 Å². The Morgan fingerprint density at radius 1 is 0.448 bits per heavy atom. The number of carbonyl (C=O) groups excluding carboxylic acids is 2. The van der Waals surface area contributed by atoms with Crippen molar-refractivity contribution in [3.05, 3.63) is 134 Å². The first kappa shape index (κ1) is 62.5. The predicted octanol–water partition coefficient (Wildman–Crippen LogP) is 15.1. The molecule has 0 saturated carbocycles. The highest BCUT2D eigenvalue weighted by Crippen LogP contribution is 2.13. The summed E-state index contributed by atoms with van der Waals surface area (Å²) in [7, 11) is 5.50. The number of likely N-dealkylation sites (N-methyl/N-ethyl adjacent to an activating group) is 1. The number of aliphatic carboxylic acids is 1. The summed E-state index contributed by atoms with van der Waals surface area (Å²) in [6, 6.07) is -0.635. The van der Waals surface area contributed by atoms with Crippen molar-refractivity contribution in [2.45, 2.75) is 180 Å². The average molecular weight is 929 g/mol.